The average Bonchev–Trinajstić information content (AvgIpc) is 3.17. The molecule has 2 aromatic carbocycles. The number of aromatic nitrogens is 2. The highest BCUT2D eigenvalue weighted by Crippen LogP contribution is 2.57. The first-order valence-corrected chi connectivity index (χ1v) is 10.9. The van der Waals surface area contributed by atoms with Crippen molar-refractivity contribution in [1.82, 2.24) is 9.97 Å². The molecule has 158 valence electrons. The van der Waals surface area contributed by atoms with Gasteiger partial charge in [-0.15, -0.1) is 0 Å². The second-order valence-corrected chi connectivity index (χ2v) is 8.02. The first-order valence-electron chi connectivity index (χ1n) is 10.5. The summed E-state index contributed by atoms with van der Waals surface area (Å²) in [7, 11) is 0. The molecule has 0 spiro atoms. The Balaban J connectivity index is 0.00000106. The van der Waals surface area contributed by atoms with Gasteiger partial charge >= 0.3 is 0 Å². The van der Waals surface area contributed by atoms with Crippen LogP contribution in [0.2, 0.25) is 5.02 Å². The number of nitrogens with two attached hydrogens (primary N) is 1. The summed E-state index contributed by atoms with van der Waals surface area (Å²) in [5.41, 5.74) is 8.14. The zero-order valence-electron chi connectivity index (χ0n) is 17.2. The maximum Gasteiger partial charge on any atom is 0.144 e. The summed E-state index contributed by atoms with van der Waals surface area (Å²) in [6, 6.07) is 8.08. The van der Waals surface area contributed by atoms with Crippen LogP contribution < -0.4 is 15.8 Å². The van der Waals surface area contributed by atoms with E-state index in [1.54, 1.807) is 6.07 Å². The monoisotopic (exact) mass is 428 g/mol. The van der Waals surface area contributed by atoms with Gasteiger partial charge in [-0.1, -0.05) is 31.9 Å². The standard InChI is InChI=1S/C21H20ClFN4O.C2H6/c22-16-6-11(4-5-17(16)23)27-21-14-7-18(24)20(8-19(14)25-10-26-21)28-9-15-12-2-1-3-13(12)15;1-2/h4-8,10,12-13,15H,1-3,9,24H2,(H,25,26,27);1-2H3. The van der Waals surface area contributed by atoms with Gasteiger partial charge in [0.25, 0.3) is 0 Å². The van der Waals surface area contributed by atoms with Crippen molar-refractivity contribution < 1.29 is 9.13 Å². The third-order valence-corrected chi connectivity index (χ3v) is 6.25. The normalized spacial score (nSPS) is 21.5. The molecule has 0 radical (unpaired) electrons. The van der Waals surface area contributed by atoms with Gasteiger partial charge in [-0.2, -0.15) is 0 Å². The number of anilines is 3. The number of fused-ring (bicyclic) bond motifs is 2. The Bertz CT molecular complexity index is 1050. The maximum atomic E-state index is 13.4. The molecule has 30 heavy (non-hydrogen) atoms. The number of hydrogen-bond donors (Lipinski definition) is 2. The van der Waals surface area contributed by atoms with Crippen molar-refractivity contribution >= 4 is 39.7 Å². The minimum absolute atomic E-state index is 0.0448. The van der Waals surface area contributed by atoms with Gasteiger partial charge in [0.05, 0.1) is 22.8 Å². The summed E-state index contributed by atoms with van der Waals surface area (Å²) >= 11 is 5.86. The summed E-state index contributed by atoms with van der Waals surface area (Å²) in [5.74, 6) is 3.14. The lowest BCUT2D eigenvalue weighted by molar-refractivity contribution is 0.280. The predicted octanol–water partition coefficient (Wildman–Crippen LogP) is 6.20. The molecule has 0 amide bonds. The van der Waals surface area contributed by atoms with Crippen LogP contribution in [0, 0.1) is 23.6 Å². The van der Waals surface area contributed by atoms with Crippen LogP contribution in [0.3, 0.4) is 0 Å². The van der Waals surface area contributed by atoms with Crippen LogP contribution in [0.5, 0.6) is 5.75 Å². The van der Waals surface area contributed by atoms with E-state index in [-0.39, 0.29) is 5.02 Å². The van der Waals surface area contributed by atoms with E-state index in [0.29, 0.717) is 28.9 Å². The SMILES string of the molecule is CC.Nc1cc2c(Nc3ccc(F)c(Cl)c3)ncnc2cc1OCC1C2CCCC21. The summed E-state index contributed by atoms with van der Waals surface area (Å²) in [5, 5.41) is 3.96. The van der Waals surface area contributed by atoms with E-state index >= 15 is 0 Å². The first-order chi connectivity index (χ1) is 14.6. The number of rotatable bonds is 5. The maximum absolute atomic E-state index is 13.4. The molecule has 5 nitrogen and oxygen atoms in total. The lowest BCUT2D eigenvalue weighted by Gasteiger charge is -2.13. The molecule has 0 aliphatic heterocycles. The predicted molar refractivity (Wildman–Crippen MR) is 120 cm³/mol. The molecule has 1 heterocycles. The fraction of sp³-hybridized carbons (Fsp3) is 0.391. The lowest BCUT2D eigenvalue weighted by Crippen LogP contribution is -2.06. The summed E-state index contributed by atoms with van der Waals surface area (Å²) < 4.78 is 19.4. The Hall–Kier alpha value is -2.60. The Kier molecular flexibility index (Phi) is 5.95. The number of hydrogen-bond acceptors (Lipinski definition) is 5. The second-order valence-electron chi connectivity index (χ2n) is 7.62. The molecule has 2 unspecified atom stereocenters. The van der Waals surface area contributed by atoms with Crippen molar-refractivity contribution in [1.29, 1.82) is 0 Å². The van der Waals surface area contributed by atoms with Crippen LogP contribution in [0.1, 0.15) is 33.1 Å². The van der Waals surface area contributed by atoms with Crippen LogP contribution in [0.25, 0.3) is 10.9 Å². The fourth-order valence-corrected chi connectivity index (χ4v) is 4.62. The number of halogens is 2. The van der Waals surface area contributed by atoms with E-state index in [4.69, 9.17) is 22.1 Å². The Morgan fingerprint density at radius 1 is 1.17 bits per heavy atom. The zero-order chi connectivity index (χ0) is 21.3. The van der Waals surface area contributed by atoms with Gasteiger partial charge in [-0.25, -0.2) is 14.4 Å². The molecular formula is C23H26ClFN4O. The molecular weight excluding hydrogens is 403 g/mol. The van der Waals surface area contributed by atoms with Gasteiger partial charge in [0, 0.05) is 17.1 Å². The molecule has 2 atom stereocenters. The Morgan fingerprint density at radius 3 is 2.67 bits per heavy atom. The van der Waals surface area contributed by atoms with Crippen molar-refractivity contribution in [2.75, 3.05) is 17.7 Å². The van der Waals surface area contributed by atoms with E-state index in [1.807, 2.05) is 26.0 Å². The van der Waals surface area contributed by atoms with Crippen molar-refractivity contribution in [2.24, 2.45) is 17.8 Å². The van der Waals surface area contributed by atoms with Crippen molar-refractivity contribution in [2.45, 2.75) is 33.1 Å². The Labute approximate surface area is 180 Å². The van der Waals surface area contributed by atoms with Gasteiger partial charge < -0.3 is 15.8 Å². The zero-order valence-corrected chi connectivity index (χ0v) is 17.9. The molecule has 2 fully saturated rings. The van der Waals surface area contributed by atoms with Crippen LogP contribution >= 0.6 is 11.6 Å². The molecule has 5 rings (SSSR count). The molecule has 2 saturated carbocycles. The number of nitrogens with zero attached hydrogens (tertiary/aromatic N) is 2. The smallest absolute Gasteiger partial charge is 0.144 e. The molecule has 0 saturated heterocycles. The number of ether oxygens (including phenoxy) is 1. The molecule has 3 aromatic rings. The summed E-state index contributed by atoms with van der Waals surface area (Å²) in [6.07, 6.45) is 5.50. The summed E-state index contributed by atoms with van der Waals surface area (Å²) in [6.45, 7) is 4.72. The number of benzene rings is 2. The highest BCUT2D eigenvalue weighted by molar-refractivity contribution is 6.31. The van der Waals surface area contributed by atoms with Gasteiger partial charge in [0.2, 0.25) is 0 Å². The molecule has 1 aromatic heterocycles. The van der Waals surface area contributed by atoms with Crippen LogP contribution in [-0.2, 0) is 0 Å². The summed E-state index contributed by atoms with van der Waals surface area (Å²) in [4.78, 5) is 8.64. The third-order valence-electron chi connectivity index (χ3n) is 5.96. The second kappa shape index (κ2) is 8.64. The van der Waals surface area contributed by atoms with E-state index in [2.05, 4.69) is 15.3 Å². The third kappa shape index (κ3) is 4.01. The van der Waals surface area contributed by atoms with Crippen molar-refractivity contribution in [3.05, 3.63) is 47.5 Å². The minimum Gasteiger partial charge on any atom is -0.491 e. The van der Waals surface area contributed by atoms with E-state index in [1.165, 1.54) is 37.7 Å². The average molecular weight is 429 g/mol. The molecule has 0 bridgehead atoms. The van der Waals surface area contributed by atoms with Gasteiger partial charge in [-0.05, 0) is 54.9 Å². The van der Waals surface area contributed by atoms with Crippen molar-refractivity contribution in [3.63, 3.8) is 0 Å². The molecule has 2 aliphatic carbocycles. The van der Waals surface area contributed by atoms with Gasteiger partial charge in [0.1, 0.15) is 23.7 Å². The van der Waals surface area contributed by atoms with E-state index in [9.17, 15) is 4.39 Å². The quantitative estimate of drug-likeness (QED) is 0.473. The topological polar surface area (TPSA) is 73.1 Å². The van der Waals surface area contributed by atoms with Gasteiger partial charge in [-0.3, -0.25) is 0 Å². The van der Waals surface area contributed by atoms with Crippen LogP contribution in [0.15, 0.2) is 36.7 Å². The fourth-order valence-electron chi connectivity index (χ4n) is 4.44. The number of nitrogen functional groups attached to an aromatic ring is 1. The minimum atomic E-state index is -0.467. The molecule has 3 N–H and O–H groups in total. The van der Waals surface area contributed by atoms with E-state index < -0.39 is 5.82 Å². The van der Waals surface area contributed by atoms with Crippen LogP contribution in [0.4, 0.5) is 21.6 Å². The molecule has 2 aliphatic rings. The lowest BCUT2D eigenvalue weighted by atomic mass is 10.1. The highest BCUT2D eigenvalue weighted by atomic mass is 35.5. The van der Waals surface area contributed by atoms with Crippen molar-refractivity contribution in [3.8, 4) is 5.75 Å². The van der Waals surface area contributed by atoms with Crippen LogP contribution in [-0.4, -0.2) is 16.6 Å². The highest BCUT2D eigenvalue weighted by Gasteiger charge is 2.52. The van der Waals surface area contributed by atoms with E-state index in [0.717, 1.165) is 29.3 Å². The largest absolute Gasteiger partial charge is 0.491 e. The first kappa shape index (κ1) is 20.7. The van der Waals surface area contributed by atoms with Gasteiger partial charge in [0.15, 0.2) is 0 Å². The molecule has 7 heteroatoms. The number of nitrogens with one attached hydrogen (secondary N) is 1. The Morgan fingerprint density at radius 2 is 1.93 bits per heavy atom.